The first kappa shape index (κ1) is 21.4. The maximum atomic E-state index is 13.5. The van der Waals surface area contributed by atoms with E-state index in [1.54, 1.807) is 55.5 Å². The number of methoxy groups -OCH3 is 1. The van der Waals surface area contributed by atoms with Crippen molar-refractivity contribution < 1.29 is 17.9 Å². The molecule has 1 N–H and O–H groups in total. The van der Waals surface area contributed by atoms with Crippen molar-refractivity contribution in [3.05, 3.63) is 90.0 Å². The van der Waals surface area contributed by atoms with E-state index < -0.39 is 15.9 Å². The van der Waals surface area contributed by atoms with Crippen molar-refractivity contribution in [1.29, 1.82) is 0 Å². The van der Waals surface area contributed by atoms with E-state index in [0.29, 0.717) is 12.2 Å². The number of hydrogen-bond acceptors (Lipinski definition) is 4. The monoisotopic (exact) mass is 424 g/mol. The van der Waals surface area contributed by atoms with Crippen LogP contribution in [0.25, 0.3) is 0 Å². The Morgan fingerprint density at radius 1 is 0.967 bits per heavy atom. The number of sulfonamides is 1. The van der Waals surface area contributed by atoms with Crippen molar-refractivity contribution in [3.8, 4) is 5.75 Å². The summed E-state index contributed by atoms with van der Waals surface area (Å²) in [6.07, 6.45) is 0. The minimum Gasteiger partial charge on any atom is -0.495 e. The van der Waals surface area contributed by atoms with Gasteiger partial charge in [0.15, 0.2) is 0 Å². The summed E-state index contributed by atoms with van der Waals surface area (Å²) in [4.78, 5) is 12.7. The van der Waals surface area contributed by atoms with Gasteiger partial charge in [-0.1, -0.05) is 54.6 Å². The number of para-hydroxylation sites is 1. The molecule has 0 aromatic heterocycles. The summed E-state index contributed by atoms with van der Waals surface area (Å²) < 4.78 is 33.5. The van der Waals surface area contributed by atoms with Crippen LogP contribution in [0.2, 0.25) is 0 Å². The average Bonchev–Trinajstić information content (AvgIpc) is 2.77. The topological polar surface area (TPSA) is 75.7 Å². The lowest BCUT2D eigenvalue weighted by molar-refractivity contribution is -0.119. The van der Waals surface area contributed by atoms with E-state index in [1.807, 2.05) is 30.3 Å². The van der Waals surface area contributed by atoms with E-state index in [2.05, 4.69) is 5.32 Å². The fourth-order valence-electron chi connectivity index (χ4n) is 3.00. The maximum absolute atomic E-state index is 13.5. The number of carbonyl (C=O) groups is 1. The van der Waals surface area contributed by atoms with Gasteiger partial charge in [0.25, 0.3) is 10.0 Å². The van der Waals surface area contributed by atoms with E-state index >= 15 is 0 Å². The number of nitrogens with one attached hydrogen (secondary N) is 1. The molecule has 156 valence electrons. The largest absolute Gasteiger partial charge is 0.495 e. The normalized spacial score (nSPS) is 11.0. The quantitative estimate of drug-likeness (QED) is 0.600. The van der Waals surface area contributed by atoms with Crippen LogP contribution in [-0.2, 0) is 21.4 Å². The van der Waals surface area contributed by atoms with Crippen LogP contribution in [0.5, 0.6) is 5.75 Å². The van der Waals surface area contributed by atoms with E-state index in [4.69, 9.17) is 4.74 Å². The number of anilines is 1. The van der Waals surface area contributed by atoms with Crippen molar-refractivity contribution in [3.63, 3.8) is 0 Å². The van der Waals surface area contributed by atoms with Crippen molar-refractivity contribution in [2.75, 3.05) is 18.0 Å². The molecule has 0 aliphatic rings. The maximum Gasteiger partial charge on any atom is 0.268 e. The number of amides is 1. The number of hydrogen-bond donors (Lipinski definition) is 1. The number of rotatable bonds is 8. The highest BCUT2D eigenvalue weighted by atomic mass is 32.2. The van der Waals surface area contributed by atoms with E-state index in [1.165, 1.54) is 7.11 Å². The zero-order valence-electron chi connectivity index (χ0n) is 16.9. The molecule has 3 rings (SSSR count). The van der Waals surface area contributed by atoms with Crippen molar-refractivity contribution in [1.82, 2.24) is 5.32 Å². The van der Waals surface area contributed by atoms with Gasteiger partial charge in [-0.05, 0) is 42.3 Å². The molecule has 0 radical (unpaired) electrons. The number of aryl methyl sites for hydroxylation is 1. The molecule has 6 nitrogen and oxygen atoms in total. The van der Waals surface area contributed by atoms with Crippen LogP contribution >= 0.6 is 0 Å². The summed E-state index contributed by atoms with van der Waals surface area (Å²) in [5.41, 5.74) is 2.10. The first-order valence-electron chi connectivity index (χ1n) is 9.45. The molecule has 3 aromatic carbocycles. The fourth-order valence-corrected chi connectivity index (χ4v) is 4.66. The Hall–Kier alpha value is -3.32. The molecule has 0 saturated heterocycles. The average molecular weight is 425 g/mol. The standard InChI is InChI=1S/C23H24N2O4S/c1-18-13-14-21(29-2)22(15-18)30(27,28)25(20-11-7-4-8-12-20)17-23(26)24-16-19-9-5-3-6-10-19/h3-15H,16-17H2,1-2H3,(H,24,26). The lowest BCUT2D eigenvalue weighted by Crippen LogP contribution is -2.40. The molecular weight excluding hydrogens is 400 g/mol. The number of benzene rings is 3. The second-order valence-electron chi connectivity index (χ2n) is 6.76. The predicted octanol–water partition coefficient (Wildman–Crippen LogP) is 3.52. The molecule has 0 unspecified atom stereocenters. The Kier molecular flexibility index (Phi) is 6.74. The third kappa shape index (κ3) is 4.99. The minimum atomic E-state index is -4.05. The number of carbonyl (C=O) groups excluding carboxylic acids is 1. The highest BCUT2D eigenvalue weighted by Gasteiger charge is 2.30. The molecular formula is C23H24N2O4S. The summed E-state index contributed by atoms with van der Waals surface area (Å²) in [5.74, 6) is -0.177. The molecule has 7 heteroatoms. The molecule has 0 saturated carbocycles. The molecule has 1 amide bonds. The van der Waals surface area contributed by atoms with Gasteiger partial charge < -0.3 is 10.1 Å². The van der Waals surface area contributed by atoms with E-state index in [0.717, 1.165) is 15.4 Å². The van der Waals surface area contributed by atoms with Crippen LogP contribution in [-0.4, -0.2) is 28.0 Å². The van der Waals surface area contributed by atoms with Gasteiger partial charge in [0.1, 0.15) is 17.2 Å². The molecule has 0 heterocycles. The first-order valence-corrected chi connectivity index (χ1v) is 10.9. The van der Waals surface area contributed by atoms with Crippen molar-refractivity contribution in [2.45, 2.75) is 18.4 Å². The zero-order valence-corrected chi connectivity index (χ0v) is 17.7. The van der Waals surface area contributed by atoms with Gasteiger partial charge in [0.05, 0.1) is 12.8 Å². The number of nitrogens with zero attached hydrogens (tertiary/aromatic N) is 1. The van der Waals surface area contributed by atoms with Gasteiger partial charge in [-0.3, -0.25) is 9.10 Å². The Morgan fingerprint density at radius 3 is 2.23 bits per heavy atom. The zero-order chi connectivity index (χ0) is 21.6. The Morgan fingerprint density at radius 2 is 1.60 bits per heavy atom. The summed E-state index contributed by atoms with van der Waals surface area (Å²) >= 11 is 0. The SMILES string of the molecule is COc1ccc(C)cc1S(=O)(=O)N(CC(=O)NCc1ccccc1)c1ccccc1. The van der Waals surface area contributed by atoms with Crippen LogP contribution in [0.1, 0.15) is 11.1 Å². The van der Waals surface area contributed by atoms with Gasteiger partial charge in [-0.25, -0.2) is 8.42 Å². The smallest absolute Gasteiger partial charge is 0.268 e. The van der Waals surface area contributed by atoms with Crippen LogP contribution < -0.4 is 14.4 Å². The molecule has 0 aliphatic carbocycles. The first-order chi connectivity index (χ1) is 14.4. The Labute approximate surface area is 177 Å². The molecule has 0 fully saturated rings. The van der Waals surface area contributed by atoms with Crippen LogP contribution in [0.4, 0.5) is 5.69 Å². The molecule has 0 atom stereocenters. The second-order valence-corrected chi connectivity index (χ2v) is 8.59. The van der Waals surface area contributed by atoms with Gasteiger partial charge in [0.2, 0.25) is 5.91 Å². The van der Waals surface area contributed by atoms with Crippen molar-refractivity contribution in [2.24, 2.45) is 0 Å². The second kappa shape index (κ2) is 9.45. The number of ether oxygens (including phenoxy) is 1. The lowest BCUT2D eigenvalue weighted by atomic mass is 10.2. The van der Waals surface area contributed by atoms with Gasteiger partial charge in [-0.15, -0.1) is 0 Å². The molecule has 0 bridgehead atoms. The van der Waals surface area contributed by atoms with Crippen LogP contribution in [0.15, 0.2) is 83.8 Å². The predicted molar refractivity (Wildman–Crippen MR) is 117 cm³/mol. The fraction of sp³-hybridized carbons (Fsp3) is 0.174. The summed E-state index contributed by atoms with van der Waals surface area (Å²) in [5, 5.41) is 2.79. The van der Waals surface area contributed by atoms with Crippen LogP contribution in [0.3, 0.4) is 0 Å². The minimum absolute atomic E-state index is 0.0183. The van der Waals surface area contributed by atoms with Crippen molar-refractivity contribution >= 4 is 21.6 Å². The lowest BCUT2D eigenvalue weighted by Gasteiger charge is -2.25. The highest BCUT2D eigenvalue weighted by molar-refractivity contribution is 7.93. The molecule has 0 spiro atoms. The van der Waals surface area contributed by atoms with Crippen LogP contribution in [0, 0.1) is 6.92 Å². The summed E-state index contributed by atoms with van der Waals surface area (Å²) in [7, 11) is -2.63. The highest BCUT2D eigenvalue weighted by Crippen LogP contribution is 2.30. The Balaban J connectivity index is 1.91. The van der Waals surface area contributed by atoms with Gasteiger partial charge in [0, 0.05) is 6.54 Å². The van der Waals surface area contributed by atoms with Gasteiger partial charge in [-0.2, -0.15) is 0 Å². The van der Waals surface area contributed by atoms with E-state index in [-0.39, 0.29) is 17.2 Å². The van der Waals surface area contributed by atoms with Gasteiger partial charge >= 0.3 is 0 Å². The third-order valence-corrected chi connectivity index (χ3v) is 6.35. The Bertz CT molecular complexity index is 1100. The third-order valence-electron chi connectivity index (χ3n) is 4.55. The summed E-state index contributed by atoms with van der Waals surface area (Å²) in [6.45, 7) is 1.77. The molecule has 3 aromatic rings. The molecule has 30 heavy (non-hydrogen) atoms. The molecule has 0 aliphatic heterocycles. The summed E-state index contributed by atoms with van der Waals surface area (Å²) in [6, 6.07) is 22.9. The van der Waals surface area contributed by atoms with E-state index in [9.17, 15) is 13.2 Å².